The van der Waals surface area contributed by atoms with Crippen LogP contribution in [0.1, 0.15) is 41.1 Å². The van der Waals surface area contributed by atoms with Crippen LogP contribution in [-0.2, 0) is 6.42 Å². The summed E-state index contributed by atoms with van der Waals surface area (Å²) in [6, 6.07) is 11.4. The van der Waals surface area contributed by atoms with Gasteiger partial charge in [0.05, 0.1) is 0 Å². The van der Waals surface area contributed by atoms with Crippen LogP contribution >= 0.6 is 0 Å². The number of halogens is 2. The van der Waals surface area contributed by atoms with Crippen LogP contribution in [0.3, 0.4) is 0 Å². The molecule has 1 aliphatic carbocycles. The van der Waals surface area contributed by atoms with Gasteiger partial charge in [-0.15, -0.1) is 0 Å². The molecule has 110 valence electrons. The van der Waals surface area contributed by atoms with Gasteiger partial charge in [0.15, 0.2) is 11.6 Å². The van der Waals surface area contributed by atoms with Crippen LogP contribution < -0.4 is 5.32 Å². The molecule has 0 spiro atoms. The lowest BCUT2D eigenvalue weighted by Crippen LogP contribution is -2.34. The van der Waals surface area contributed by atoms with Gasteiger partial charge < -0.3 is 5.32 Å². The van der Waals surface area contributed by atoms with Crippen molar-refractivity contribution in [3.8, 4) is 0 Å². The van der Waals surface area contributed by atoms with Crippen molar-refractivity contribution in [2.45, 2.75) is 32.2 Å². The van der Waals surface area contributed by atoms with Crippen LogP contribution in [0, 0.1) is 18.6 Å². The Balaban J connectivity index is 1.99. The summed E-state index contributed by atoms with van der Waals surface area (Å²) >= 11 is 0. The zero-order valence-corrected chi connectivity index (χ0v) is 12.3. The maximum absolute atomic E-state index is 14.3. The van der Waals surface area contributed by atoms with E-state index in [1.54, 1.807) is 19.1 Å². The zero-order chi connectivity index (χ0) is 15.0. The van der Waals surface area contributed by atoms with E-state index in [1.165, 1.54) is 11.1 Å². The van der Waals surface area contributed by atoms with Crippen molar-refractivity contribution in [3.05, 3.63) is 70.3 Å². The second-order valence-corrected chi connectivity index (χ2v) is 5.64. The Labute approximate surface area is 124 Å². The molecule has 21 heavy (non-hydrogen) atoms. The minimum atomic E-state index is -0.733. The number of nitrogens with one attached hydrogen (secondary N) is 1. The third-order valence-electron chi connectivity index (χ3n) is 4.36. The van der Waals surface area contributed by atoms with Crippen molar-refractivity contribution in [3.63, 3.8) is 0 Å². The molecule has 0 heterocycles. The summed E-state index contributed by atoms with van der Waals surface area (Å²) in [6.07, 6.45) is 0.906. The Hall–Kier alpha value is -1.74. The average molecular weight is 287 g/mol. The summed E-state index contributed by atoms with van der Waals surface area (Å²) in [6.45, 7) is 4.29. The molecular weight excluding hydrogens is 268 g/mol. The van der Waals surface area contributed by atoms with Gasteiger partial charge in [0.2, 0.25) is 0 Å². The molecule has 1 nitrogen and oxygen atoms in total. The molecule has 0 bridgehead atoms. The van der Waals surface area contributed by atoms with Crippen molar-refractivity contribution in [1.82, 2.24) is 5.32 Å². The molecule has 3 heteroatoms. The maximum atomic E-state index is 14.3. The first-order valence-corrected chi connectivity index (χ1v) is 7.39. The van der Waals surface area contributed by atoms with Crippen LogP contribution in [-0.4, -0.2) is 6.54 Å². The highest BCUT2D eigenvalue weighted by Gasteiger charge is 2.35. The lowest BCUT2D eigenvalue weighted by Gasteiger charge is -2.37. The summed E-state index contributed by atoms with van der Waals surface area (Å²) in [5.74, 6) is -1.24. The summed E-state index contributed by atoms with van der Waals surface area (Å²) < 4.78 is 28.2. The summed E-state index contributed by atoms with van der Waals surface area (Å²) in [5.41, 5.74) is 3.32. The molecule has 0 saturated heterocycles. The second kappa shape index (κ2) is 5.57. The van der Waals surface area contributed by atoms with Gasteiger partial charge in [0.1, 0.15) is 0 Å². The minimum Gasteiger partial charge on any atom is -0.310 e. The minimum absolute atomic E-state index is 0.181. The molecular formula is C18H19F2N. The molecule has 0 saturated carbocycles. The largest absolute Gasteiger partial charge is 0.310 e. The lowest BCUT2D eigenvalue weighted by atomic mass is 9.71. The van der Waals surface area contributed by atoms with E-state index in [-0.39, 0.29) is 12.0 Å². The summed E-state index contributed by atoms with van der Waals surface area (Å²) in [5, 5.41) is 3.32. The topological polar surface area (TPSA) is 12.0 Å². The molecule has 0 radical (unpaired) electrons. The number of benzene rings is 2. The number of aryl methyl sites for hydroxylation is 1. The maximum Gasteiger partial charge on any atom is 0.163 e. The van der Waals surface area contributed by atoms with Gasteiger partial charge in [-0.3, -0.25) is 0 Å². The Kier molecular flexibility index (Phi) is 3.77. The van der Waals surface area contributed by atoms with Crippen molar-refractivity contribution in [2.24, 2.45) is 0 Å². The van der Waals surface area contributed by atoms with Crippen LogP contribution in [0.25, 0.3) is 0 Å². The van der Waals surface area contributed by atoms with E-state index < -0.39 is 11.6 Å². The highest BCUT2D eigenvalue weighted by Crippen LogP contribution is 2.44. The molecule has 2 atom stereocenters. The number of hydrogen-bond acceptors (Lipinski definition) is 1. The molecule has 2 aromatic rings. The number of fused-ring (bicyclic) bond motifs is 1. The highest BCUT2D eigenvalue weighted by molar-refractivity contribution is 5.43. The Morgan fingerprint density at radius 1 is 1.14 bits per heavy atom. The summed E-state index contributed by atoms with van der Waals surface area (Å²) in [7, 11) is 0. The molecule has 0 fully saturated rings. The van der Waals surface area contributed by atoms with Crippen LogP contribution in [0.2, 0.25) is 0 Å². The first-order chi connectivity index (χ1) is 10.1. The Bertz CT molecular complexity index is 666. The number of hydrogen-bond donors (Lipinski definition) is 1. The fourth-order valence-electron chi connectivity index (χ4n) is 3.19. The molecule has 0 aromatic heterocycles. The third kappa shape index (κ3) is 2.36. The van der Waals surface area contributed by atoms with Gasteiger partial charge in [0, 0.05) is 17.5 Å². The van der Waals surface area contributed by atoms with Crippen LogP contribution in [0.5, 0.6) is 0 Å². The lowest BCUT2D eigenvalue weighted by molar-refractivity contribution is 0.394. The fraction of sp³-hybridized carbons (Fsp3) is 0.333. The zero-order valence-electron chi connectivity index (χ0n) is 12.3. The molecule has 1 N–H and O–H groups in total. The van der Waals surface area contributed by atoms with E-state index in [4.69, 9.17) is 0 Å². The van der Waals surface area contributed by atoms with Crippen molar-refractivity contribution in [2.75, 3.05) is 6.54 Å². The van der Waals surface area contributed by atoms with Crippen molar-refractivity contribution >= 4 is 0 Å². The predicted octanol–water partition coefficient (Wildman–Crippen LogP) is 4.26. The molecule has 3 rings (SSSR count). The summed E-state index contributed by atoms with van der Waals surface area (Å²) in [4.78, 5) is 0. The SMILES string of the molecule is CCNC(c1ccc(C)c(F)c1F)C1Cc2ccccc21. The fourth-order valence-corrected chi connectivity index (χ4v) is 3.19. The smallest absolute Gasteiger partial charge is 0.163 e. The Morgan fingerprint density at radius 2 is 1.90 bits per heavy atom. The average Bonchev–Trinajstić information content (AvgIpc) is 2.46. The number of rotatable bonds is 4. The first kappa shape index (κ1) is 14.2. The molecule has 2 unspecified atom stereocenters. The molecule has 0 aliphatic heterocycles. The Morgan fingerprint density at radius 3 is 2.62 bits per heavy atom. The van der Waals surface area contributed by atoms with Gasteiger partial charge in [-0.25, -0.2) is 8.78 Å². The van der Waals surface area contributed by atoms with E-state index in [0.29, 0.717) is 11.1 Å². The third-order valence-corrected chi connectivity index (χ3v) is 4.36. The second-order valence-electron chi connectivity index (χ2n) is 5.64. The van der Waals surface area contributed by atoms with Gasteiger partial charge in [-0.2, -0.15) is 0 Å². The molecule has 0 amide bonds. The normalized spacial score (nSPS) is 18.0. The van der Waals surface area contributed by atoms with Gasteiger partial charge in [-0.05, 0) is 36.6 Å². The number of likely N-dealkylation sites (N-methyl/N-ethyl adjacent to an activating group) is 1. The van der Waals surface area contributed by atoms with Crippen LogP contribution in [0.15, 0.2) is 36.4 Å². The first-order valence-electron chi connectivity index (χ1n) is 7.39. The van der Waals surface area contributed by atoms with Gasteiger partial charge in [0.25, 0.3) is 0 Å². The van der Waals surface area contributed by atoms with Crippen LogP contribution in [0.4, 0.5) is 8.78 Å². The standard InChI is InChI=1S/C18H19F2N/c1-3-21-18(14-9-8-11(2)16(19)17(14)20)15-10-12-6-4-5-7-13(12)15/h4-9,15,18,21H,3,10H2,1-2H3. The molecule has 1 aliphatic rings. The van der Waals surface area contributed by atoms with Crippen molar-refractivity contribution in [1.29, 1.82) is 0 Å². The van der Waals surface area contributed by atoms with Crippen molar-refractivity contribution < 1.29 is 8.78 Å². The van der Waals surface area contributed by atoms with E-state index in [2.05, 4.69) is 17.4 Å². The molecule has 2 aromatic carbocycles. The highest BCUT2D eigenvalue weighted by atomic mass is 19.2. The van der Waals surface area contributed by atoms with E-state index in [1.807, 2.05) is 19.1 Å². The quantitative estimate of drug-likeness (QED) is 0.885. The van der Waals surface area contributed by atoms with E-state index in [0.717, 1.165) is 13.0 Å². The van der Waals surface area contributed by atoms with E-state index in [9.17, 15) is 8.78 Å². The van der Waals surface area contributed by atoms with E-state index >= 15 is 0 Å². The van der Waals surface area contributed by atoms with Gasteiger partial charge >= 0.3 is 0 Å². The predicted molar refractivity (Wildman–Crippen MR) is 80.4 cm³/mol. The van der Waals surface area contributed by atoms with Gasteiger partial charge in [-0.1, -0.05) is 43.3 Å². The monoisotopic (exact) mass is 287 g/mol.